The van der Waals surface area contributed by atoms with Crippen LogP contribution < -0.4 is 5.30 Å². The maximum atomic E-state index is 11.9. The third-order valence-electron chi connectivity index (χ3n) is 2.29. The molecule has 15 heavy (non-hydrogen) atoms. The van der Waals surface area contributed by atoms with Gasteiger partial charge in [0.2, 0.25) is 0 Å². The smallest absolute Gasteiger partial charge is 0.321 e. The highest BCUT2D eigenvalue weighted by Crippen LogP contribution is 2.42. The molecule has 4 heteroatoms. The van der Waals surface area contributed by atoms with Gasteiger partial charge in [-0.25, -0.2) is 0 Å². The SMILES string of the molecule is CCC(CC)OP(=O)(O)c1ccccc1. The average molecular weight is 228 g/mol. The summed E-state index contributed by atoms with van der Waals surface area (Å²) < 4.78 is 17.1. The summed E-state index contributed by atoms with van der Waals surface area (Å²) in [6.07, 6.45) is 1.34. The Balaban J connectivity index is 2.80. The van der Waals surface area contributed by atoms with Crippen molar-refractivity contribution in [3.8, 4) is 0 Å². The minimum atomic E-state index is -3.63. The van der Waals surface area contributed by atoms with Crippen LogP contribution in [0.5, 0.6) is 0 Å². The maximum absolute atomic E-state index is 11.9. The van der Waals surface area contributed by atoms with E-state index >= 15 is 0 Å². The van der Waals surface area contributed by atoms with Crippen molar-refractivity contribution in [1.82, 2.24) is 0 Å². The van der Waals surface area contributed by atoms with E-state index in [0.717, 1.165) is 12.8 Å². The van der Waals surface area contributed by atoms with Crippen LogP contribution in [0.15, 0.2) is 30.3 Å². The molecule has 0 radical (unpaired) electrons. The van der Waals surface area contributed by atoms with Crippen LogP contribution in [0.25, 0.3) is 0 Å². The quantitative estimate of drug-likeness (QED) is 0.788. The lowest BCUT2D eigenvalue weighted by Crippen LogP contribution is -2.14. The van der Waals surface area contributed by atoms with E-state index < -0.39 is 7.60 Å². The van der Waals surface area contributed by atoms with E-state index in [-0.39, 0.29) is 6.10 Å². The van der Waals surface area contributed by atoms with E-state index in [0.29, 0.717) is 5.30 Å². The zero-order chi connectivity index (χ0) is 11.3. The summed E-state index contributed by atoms with van der Waals surface area (Å²) in [5.74, 6) is 0. The monoisotopic (exact) mass is 228 g/mol. The molecular weight excluding hydrogens is 211 g/mol. The van der Waals surface area contributed by atoms with Gasteiger partial charge < -0.3 is 9.42 Å². The number of hydrogen-bond donors (Lipinski definition) is 1. The summed E-state index contributed by atoms with van der Waals surface area (Å²) in [6.45, 7) is 3.89. The molecule has 0 amide bonds. The standard InChI is InChI=1S/C11H17O3P/c1-3-10(4-2)14-15(12,13)11-8-6-5-7-9-11/h5-10H,3-4H2,1-2H3,(H,12,13). The Morgan fingerprint density at radius 3 is 2.27 bits per heavy atom. The van der Waals surface area contributed by atoms with Crippen LogP contribution in [0.2, 0.25) is 0 Å². The zero-order valence-electron chi connectivity index (χ0n) is 9.09. The molecule has 1 rings (SSSR count). The Kier molecular flexibility index (Phi) is 4.52. The highest BCUT2D eigenvalue weighted by molar-refractivity contribution is 7.61. The molecule has 0 spiro atoms. The fraction of sp³-hybridized carbons (Fsp3) is 0.455. The van der Waals surface area contributed by atoms with Crippen LogP contribution in [-0.4, -0.2) is 11.0 Å². The van der Waals surface area contributed by atoms with Crippen LogP contribution in [0.4, 0.5) is 0 Å². The summed E-state index contributed by atoms with van der Waals surface area (Å²) in [7, 11) is -3.63. The van der Waals surface area contributed by atoms with E-state index in [4.69, 9.17) is 4.52 Å². The predicted molar refractivity (Wildman–Crippen MR) is 61.4 cm³/mol. The van der Waals surface area contributed by atoms with E-state index in [9.17, 15) is 9.46 Å². The molecule has 84 valence electrons. The molecule has 0 bridgehead atoms. The van der Waals surface area contributed by atoms with Crippen molar-refractivity contribution < 1.29 is 14.0 Å². The van der Waals surface area contributed by atoms with Gasteiger partial charge in [-0.15, -0.1) is 0 Å². The predicted octanol–water partition coefficient (Wildman–Crippen LogP) is 2.70. The fourth-order valence-electron chi connectivity index (χ4n) is 1.32. The van der Waals surface area contributed by atoms with Crippen molar-refractivity contribution in [2.45, 2.75) is 32.8 Å². The molecule has 0 heterocycles. The normalized spacial score (nSPS) is 15.2. The van der Waals surface area contributed by atoms with Gasteiger partial charge in [0.15, 0.2) is 0 Å². The molecule has 1 aromatic rings. The van der Waals surface area contributed by atoms with Gasteiger partial charge in [0.25, 0.3) is 0 Å². The minimum absolute atomic E-state index is 0.152. The lowest BCUT2D eigenvalue weighted by atomic mass is 10.2. The highest BCUT2D eigenvalue weighted by atomic mass is 31.2. The first-order chi connectivity index (χ1) is 7.10. The average Bonchev–Trinajstić information content (AvgIpc) is 2.27. The van der Waals surface area contributed by atoms with Gasteiger partial charge in [-0.05, 0) is 25.0 Å². The van der Waals surface area contributed by atoms with Crippen molar-refractivity contribution in [3.05, 3.63) is 30.3 Å². The Morgan fingerprint density at radius 1 is 1.27 bits per heavy atom. The second kappa shape index (κ2) is 5.45. The largest absolute Gasteiger partial charge is 0.359 e. The molecule has 3 nitrogen and oxygen atoms in total. The third-order valence-corrected chi connectivity index (χ3v) is 3.82. The Labute approximate surface area is 90.6 Å². The lowest BCUT2D eigenvalue weighted by molar-refractivity contribution is 0.172. The second-order valence-corrected chi connectivity index (χ2v) is 5.17. The summed E-state index contributed by atoms with van der Waals surface area (Å²) in [5, 5.41) is 0.358. The first-order valence-corrected chi connectivity index (χ1v) is 6.74. The van der Waals surface area contributed by atoms with Gasteiger partial charge in [0.1, 0.15) is 0 Å². The van der Waals surface area contributed by atoms with Gasteiger partial charge >= 0.3 is 7.60 Å². The van der Waals surface area contributed by atoms with Gasteiger partial charge in [0.05, 0.1) is 11.4 Å². The molecule has 1 atom stereocenters. The first kappa shape index (κ1) is 12.4. The molecule has 0 aliphatic rings. The highest BCUT2D eigenvalue weighted by Gasteiger charge is 2.25. The molecule has 1 unspecified atom stereocenters. The molecule has 0 aliphatic heterocycles. The van der Waals surface area contributed by atoms with E-state index in [1.807, 2.05) is 13.8 Å². The fourth-order valence-corrected chi connectivity index (χ4v) is 2.69. The maximum Gasteiger partial charge on any atom is 0.359 e. The van der Waals surface area contributed by atoms with Crippen LogP contribution in [-0.2, 0) is 9.09 Å². The first-order valence-electron chi connectivity index (χ1n) is 5.17. The Morgan fingerprint density at radius 2 is 1.80 bits per heavy atom. The zero-order valence-corrected chi connectivity index (χ0v) is 9.98. The Bertz CT molecular complexity index is 333. The van der Waals surface area contributed by atoms with Crippen molar-refractivity contribution >= 4 is 12.9 Å². The summed E-state index contributed by atoms with van der Waals surface area (Å²) in [5.41, 5.74) is 0. The van der Waals surface area contributed by atoms with Crippen molar-refractivity contribution in [2.24, 2.45) is 0 Å². The van der Waals surface area contributed by atoms with Crippen molar-refractivity contribution in [3.63, 3.8) is 0 Å². The van der Waals surface area contributed by atoms with Crippen LogP contribution in [0.3, 0.4) is 0 Å². The summed E-state index contributed by atoms with van der Waals surface area (Å²) >= 11 is 0. The molecule has 0 fully saturated rings. The molecule has 0 aromatic heterocycles. The van der Waals surface area contributed by atoms with Crippen LogP contribution in [0, 0.1) is 0 Å². The molecular formula is C11H17O3P. The third kappa shape index (κ3) is 3.45. The van der Waals surface area contributed by atoms with Crippen LogP contribution in [0.1, 0.15) is 26.7 Å². The molecule has 1 N–H and O–H groups in total. The van der Waals surface area contributed by atoms with Gasteiger partial charge in [-0.3, -0.25) is 4.57 Å². The van der Waals surface area contributed by atoms with Crippen LogP contribution >= 0.6 is 7.60 Å². The molecule has 0 aliphatic carbocycles. The van der Waals surface area contributed by atoms with Gasteiger partial charge in [-0.1, -0.05) is 32.0 Å². The molecule has 0 saturated carbocycles. The molecule has 1 aromatic carbocycles. The molecule has 0 saturated heterocycles. The number of rotatable bonds is 5. The summed E-state index contributed by atoms with van der Waals surface area (Å²) in [6, 6.07) is 8.50. The van der Waals surface area contributed by atoms with E-state index in [1.165, 1.54) is 0 Å². The Hall–Kier alpha value is -0.630. The van der Waals surface area contributed by atoms with Crippen molar-refractivity contribution in [2.75, 3.05) is 0 Å². The number of hydrogen-bond acceptors (Lipinski definition) is 2. The number of benzene rings is 1. The summed E-state index contributed by atoms with van der Waals surface area (Å²) in [4.78, 5) is 9.75. The van der Waals surface area contributed by atoms with Gasteiger partial charge in [-0.2, -0.15) is 0 Å². The topological polar surface area (TPSA) is 46.5 Å². The second-order valence-electron chi connectivity index (χ2n) is 3.40. The van der Waals surface area contributed by atoms with E-state index in [2.05, 4.69) is 0 Å². The van der Waals surface area contributed by atoms with Crippen molar-refractivity contribution in [1.29, 1.82) is 0 Å². The van der Waals surface area contributed by atoms with E-state index in [1.54, 1.807) is 30.3 Å². The lowest BCUT2D eigenvalue weighted by Gasteiger charge is -2.18. The van der Waals surface area contributed by atoms with Gasteiger partial charge in [0, 0.05) is 0 Å². The minimum Gasteiger partial charge on any atom is -0.321 e.